The Labute approximate surface area is 114 Å². The number of nitrogens with one attached hydrogen (secondary N) is 1. The van der Waals surface area contributed by atoms with Crippen LogP contribution < -0.4 is 4.72 Å². The molecule has 0 aliphatic carbocycles. The van der Waals surface area contributed by atoms with Gasteiger partial charge in [0.2, 0.25) is 5.09 Å². The van der Waals surface area contributed by atoms with Crippen molar-refractivity contribution in [1.29, 1.82) is 0 Å². The molecule has 3 rings (SSSR count). The maximum Gasteiger partial charge on any atom is 0.297 e. The number of nitrogens with zero attached hydrogens (tertiary/aromatic N) is 3. The highest BCUT2D eigenvalue weighted by atomic mass is 32.2. The van der Waals surface area contributed by atoms with Crippen LogP contribution in [-0.2, 0) is 10.0 Å². The highest BCUT2D eigenvalue weighted by molar-refractivity contribution is 7.92. The van der Waals surface area contributed by atoms with E-state index in [0.29, 0.717) is 0 Å². The lowest BCUT2D eigenvalue weighted by Crippen LogP contribution is -2.13. The van der Waals surface area contributed by atoms with Crippen LogP contribution >= 0.6 is 0 Å². The zero-order valence-corrected chi connectivity index (χ0v) is 11.0. The predicted octanol–water partition coefficient (Wildman–Crippen LogP) is 1.66. The first-order valence-corrected chi connectivity index (χ1v) is 7.17. The number of benzene rings is 1. The fraction of sp³-hybridized carbons (Fsp3) is 0. The van der Waals surface area contributed by atoms with Gasteiger partial charge in [0.1, 0.15) is 6.33 Å². The van der Waals surface area contributed by atoms with Crippen LogP contribution in [0.4, 0.5) is 5.95 Å². The number of para-hydroxylation sites is 1. The molecule has 0 atom stereocenters. The lowest BCUT2D eigenvalue weighted by atomic mass is 10.3. The highest BCUT2D eigenvalue weighted by Crippen LogP contribution is 2.14. The summed E-state index contributed by atoms with van der Waals surface area (Å²) in [6.45, 7) is 0. The molecular formula is C12H10N4O3S. The van der Waals surface area contributed by atoms with E-state index in [-0.39, 0.29) is 11.0 Å². The summed E-state index contributed by atoms with van der Waals surface area (Å²) in [7, 11) is -3.79. The quantitative estimate of drug-likeness (QED) is 0.789. The van der Waals surface area contributed by atoms with Crippen molar-refractivity contribution in [2.45, 2.75) is 5.09 Å². The van der Waals surface area contributed by atoms with Crippen LogP contribution in [0.1, 0.15) is 0 Å². The summed E-state index contributed by atoms with van der Waals surface area (Å²) in [5.74, 6) is -0.0229. The van der Waals surface area contributed by atoms with Crippen LogP contribution in [0.25, 0.3) is 5.69 Å². The molecule has 0 unspecified atom stereocenters. The molecule has 8 heteroatoms. The molecule has 0 aliphatic heterocycles. The van der Waals surface area contributed by atoms with E-state index >= 15 is 0 Å². The fourth-order valence-electron chi connectivity index (χ4n) is 1.60. The van der Waals surface area contributed by atoms with Crippen LogP contribution in [-0.4, -0.2) is 23.2 Å². The number of furan rings is 1. The summed E-state index contributed by atoms with van der Waals surface area (Å²) in [4.78, 5) is 3.91. The van der Waals surface area contributed by atoms with E-state index < -0.39 is 10.0 Å². The van der Waals surface area contributed by atoms with E-state index in [1.54, 1.807) is 0 Å². The fourth-order valence-corrected chi connectivity index (χ4v) is 2.48. The van der Waals surface area contributed by atoms with Gasteiger partial charge in [0.05, 0.1) is 12.0 Å². The molecule has 102 valence electrons. The Morgan fingerprint density at radius 3 is 2.60 bits per heavy atom. The molecule has 0 fully saturated rings. The molecular weight excluding hydrogens is 280 g/mol. The minimum atomic E-state index is -3.79. The normalized spacial score (nSPS) is 11.4. The lowest BCUT2D eigenvalue weighted by molar-refractivity contribution is 0.452. The second-order valence-corrected chi connectivity index (χ2v) is 5.50. The zero-order chi connectivity index (χ0) is 14.0. The van der Waals surface area contributed by atoms with Crippen LogP contribution in [0.15, 0.2) is 64.6 Å². The first-order chi connectivity index (χ1) is 9.65. The van der Waals surface area contributed by atoms with Crippen LogP contribution in [0.2, 0.25) is 0 Å². The third-order valence-electron chi connectivity index (χ3n) is 2.50. The molecule has 0 saturated carbocycles. The molecule has 0 bridgehead atoms. The van der Waals surface area contributed by atoms with Gasteiger partial charge in [-0.2, -0.15) is 13.4 Å². The Morgan fingerprint density at radius 1 is 1.10 bits per heavy atom. The molecule has 0 radical (unpaired) electrons. The molecule has 7 nitrogen and oxygen atoms in total. The molecule has 0 aliphatic rings. The van der Waals surface area contributed by atoms with Gasteiger partial charge in [-0.1, -0.05) is 18.2 Å². The number of rotatable bonds is 4. The maximum absolute atomic E-state index is 11.9. The van der Waals surface area contributed by atoms with Crippen LogP contribution in [0.3, 0.4) is 0 Å². The van der Waals surface area contributed by atoms with Gasteiger partial charge in [-0.25, -0.2) is 9.40 Å². The Morgan fingerprint density at radius 2 is 1.90 bits per heavy atom. The first kappa shape index (κ1) is 12.4. The maximum atomic E-state index is 11.9. The van der Waals surface area contributed by atoms with Crippen molar-refractivity contribution >= 4 is 16.0 Å². The van der Waals surface area contributed by atoms with Gasteiger partial charge in [0.15, 0.2) is 0 Å². The van der Waals surface area contributed by atoms with Gasteiger partial charge in [-0.15, -0.1) is 5.10 Å². The Bertz CT molecular complexity index is 794. The molecule has 2 heterocycles. The summed E-state index contributed by atoms with van der Waals surface area (Å²) in [6.07, 6.45) is 2.71. The van der Waals surface area contributed by atoms with Gasteiger partial charge >= 0.3 is 0 Å². The molecule has 1 aromatic carbocycles. The lowest BCUT2D eigenvalue weighted by Gasteiger charge is -2.01. The molecule has 0 saturated heterocycles. The second-order valence-electron chi connectivity index (χ2n) is 3.89. The van der Waals surface area contributed by atoms with Crippen molar-refractivity contribution in [3.8, 4) is 5.69 Å². The van der Waals surface area contributed by atoms with E-state index in [0.717, 1.165) is 5.69 Å². The number of sulfonamides is 1. The van der Waals surface area contributed by atoms with Gasteiger partial charge in [-0.05, 0) is 24.3 Å². The van der Waals surface area contributed by atoms with Crippen molar-refractivity contribution in [2.24, 2.45) is 0 Å². The summed E-state index contributed by atoms with van der Waals surface area (Å²) in [5, 5.41) is 3.86. The van der Waals surface area contributed by atoms with Crippen molar-refractivity contribution in [3.63, 3.8) is 0 Å². The average Bonchev–Trinajstić information content (AvgIpc) is 3.10. The Balaban J connectivity index is 1.85. The Kier molecular flexibility index (Phi) is 2.99. The summed E-state index contributed by atoms with van der Waals surface area (Å²) >= 11 is 0. The van der Waals surface area contributed by atoms with Crippen molar-refractivity contribution in [2.75, 3.05) is 4.72 Å². The summed E-state index contributed by atoms with van der Waals surface area (Å²) in [5.41, 5.74) is 0.781. The van der Waals surface area contributed by atoms with Crippen molar-refractivity contribution < 1.29 is 12.8 Å². The van der Waals surface area contributed by atoms with E-state index in [1.807, 2.05) is 30.3 Å². The molecule has 20 heavy (non-hydrogen) atoms. The molecule has 0 amide bonds. The Hall–Kier alpha value is -2.61. The van der Waals surface area contributed by atoms with Crippen LogP contribution in [0, 0.1) is 0 Å². The largest absolute Gasteiger partial charge is 0.451 e. The SMILES string of the molecule is O=S(=O)(Nc1ncn(-c2ccccc2)n1)c1ccco1. The summed E-state index contributed by atoms with van der Waals surface area (Å²) < 4.78 is 32.4. The van der Waals surface area contributed by atoms with E-state index in [2.05, 4.69) is 14.8 Å². The molecule has 0 spiro atoms. The molecule has 3 aromatic rings. The average molecular weight is 290 g/mol. The monoisotopic (exact) mass is 290 g/mol. The second kappa shape index (κ2) is 4.82. The number of hydrogen-bond donors (Lipinski definition) is 1. The van der Waals surface area contributed by atoms with Gasteiger partial charge in [0, 0.05) is 0 Å². The van der Waals surface area contributed by atoms with Crippen LogP contribution in [0.5, 0.6) is 0 Å². The van der Waals surface area contributed by atoms with E-state index in [4.69, 9.17) is 4.42 Å². The van der Waals surface area contributed by atoms with Gasteiger partial charge < -0.3 is 4.42 Å². The van der Waals surface area contributed by atoms with Gasteiger partial charge in [-0.3, -0.25) is 0 Å². The molecule has 1 N–H and O–H groups in total. The highest BCUT2D eigenvalue weighted by Gasteiger charge is 2.19. The van der Waals surface area contributed by atoms with E-state index in [1.165, 1.54) is 29.4 Å². The number of anilines is 1. The van der Waals surface area contributed by atoms with Gasteiger partial charge in [0.25, 0.3) is 16.0 Å². The predicted molar refractivity (Wildman–Crippen MR) is 70.9 cm³/mol. The smallest absolute Gasteiger partial charge is 0.297 e. The summed E-state index contributed by atoms with van der Waals surface area (Å²) in [6, 6.07) is 12.1. The van der Waals surface area contributed by atoms with E-state index in [9.17, 15) is 8.42 Å². The first-order valence-electron chi connectivity index (χ1n) is 5.68. The van der Waals surface area contributed by atoms with Crippen molar-refractivity contribution in [3.05, 3.63) is 55.1 Å². The third kappa shape index (κ3) is 2.41. The third-order valence-corrected chi connectivity index (χ3v) is 3.71. The number of hydrogen-bond acceptors (Lipinski definition) is 5. The minimum Gasteiger partial charge on any atom is -0.451 e. The standard InChI is InChI=1S/C12H10N4O3S/c17-20(18,11-7-4-8-19-11)15-12-13-9-16(14-12)10-5-2-1-3-6-10/h1-9H,(H,14,15). The molecule has 2 aromatic heterocycles. The van der Waals surface area contributed by atoms with Crippen molar-refractivity contribution in [1.82, 2.24) is 14.8 Å². The number of aromatic nitrogens is 3. The topological polar surface area (TPSA) is 90.0 Å². The zero-order valence-electron chi connectivity index (χ0n) is 10.2. The minimum absolute atomic E-state index is 0.0229.